The smallest absolute Gasteiger partial charge is 0.280 e. The number of hydrogen-bond acceptors (Lipinski definition) is 3. The molecule has 7 heteroatoms. The molecule has 0 fully saturated rings. The number of halogens is 3. The predicted molar refractivity (Wildman–Crippen MR) is 122 cm³/mol. The Bertz CT molecular complexity index is 1190. The molecule has 0 aromatic heterocycles. The van der Waals surface area contributed by atoms with E-state index >= 15 is 0 Å². The fraction of sp³-hybridized carbons (Fsp3) is 0.0833. The fourth-order valence-corrected chi connectivity index (χ4v) is 3.77. The largest absolute Gasteiger partial charge is 0.486 e. The van der Waals surface area contributed by atoms with E-state index in [0.717, 1.165) is 0 Å². The highest BCUT2D eigenvalue weighted by Gasteiger charge is 2.28. The summed E-state index contributed by atoms with van der Waals surface area (Å²) in [5.41, 5.74) is 2.73. The standard InChI is InChI=1S/C24H17Cl2FN2O2/c1-15-19(24(30)29(28-15)18-8-3-2-4-9-18)11-16-12-20(25)23(21(26)13-16)31-14-17-7-5-6-10-22(17)27/h2-13H,14H2,1H3/b19-11+. The number of rotatable bonds is 5. The van der Waals surface area contributed by atoms with E-state index in [0.29, 0.717) is 28.1 Å². The lowest BCUT2D eigenvalue weighted by Crippen LogP contribution is -2.21. The van der Waals surface area contributed by atoms with Crippen LogP contribution in [0.25, 0.3) is 6.08 Å². The van der Waals surface area contributed by atoms with Crippen LogP contribution in [0.15, 0.2) is 77.4 Å². The maximum atomic E-state index is 13.8. The number of benzene rings is 3. The lowest BCUT2D eigenvalue weighted by atomic mass is 10.1. The number of hydrogen-bond donors (Lipinski definition) is 0. The molecule has 156 valence electrons. The maximum Gasteiger partial charge on any atom is 0.280 e. The molecule has 0 radical (unpaired) electrons. The quantitative estimate of drug-likeness (QED) is 0.411. The van der Waals surface area contributed by atoms with Crippen molar-refractivity contribution in [2.24, 2.45) is 5.10 Å². The molecule has 0 bridgehead atoms. The Morgan fingerprint density at radius 2 is 1.68 bits per heavy atom. The molecule has 3 aromatic rings. The Morgan fingerprint density at radius 3 is 2.35 bits per heavy atom. The van der Waals surface area contributed by atoms with Crippen molar-refractivity contribution in [2.45, 2.75) is 13.5 Å². The van der Waals surface area contributed by atoms with Crippen molar-refractivity contribution in [1.82, 2.24) is 0 Å². The second kappa shape index (κ2) is 8.92. The van der Waals surface area contributed by atoms with Crippen LogP contribution in [-0.2, 0) is 11.4 Å². The lowest BCUT2D eigenvalue weighted by molar-refractivity contribution is -0.114. The first kappa shape index (κ1) is 21.1. The summed E-state index contributed by atoms with van der Waals surface area (Å²) in [6.07, 6.45) is 1.68. The van der Waals surface area contributed by atoms with Gasteiger partial charge in [0.2, 0.25) is 0 Å². The Morgan fingerprint density at radius 1 is 1.03 bits per heavy atom. The summed E-state index contributed by atoms with van der Waals surface area (Å²) in [4.78, 5) is 12.9. The summed E-state index contributed by atoms with van der Waals surface area (Å²) in [6, 6.07) is 18.8. The van der Waals surface area contributed by atoms with Crippen molar-refractivity contribution in [3.05, 3.63) is 99.3 Å². The summed E-state index contributed by atoms with van der Waals surface area (Å²) in [7, 11) is 0. The van der Waals surface area contributed by atoms with E-state index < -0.39 is 0 Å². The van der Waals surface area contributed by atoms with Crippen LogP contribution in [0.2, 0.25) is 10.0 Å². The number of carbonyl (C=O) groups is 1. The van der Waals surface area contributed by atoms with E-state index in [4.69, 9.17) is 27.9 Å². The van der Waals surface area contributed by atoms with Gasteiger partial charge in [0.25, 0.3) is 5.91 Å². The topological polar surface area (TPSA) is 41.9 Å². The monoisotopic (exact) mass is 454 g/mol. The summed E-state index contributed by atoms with van der Waals surface area (Å²) in [5.74, 6) is -0.354. The van der Waals surface area contributed by atoms with E-state index in [1.54, 1.807) is 43.3 Å². The van der Waals surface area contributed by atoms with Crippen molar-refractivity contribution in [3.8, 4) is 5.75 Å². The van der Waals surface area contributed by atoms with Crippen LogP contribution in [0.4, 0.5) is 10.1 Å². The summed E-state index contributed by atoms with van der Waals surface area (Å²) < 4.78 is 19.5. The van der Waals surface area contributed by atoms with Crippen molar-refractivity contribution >= 4 is 46.6 Å². The van der Waals surface area contributed by atoms with Crippen LogP contribution in [0, 0.1) is 5.82 Å². The highest BCUT2D eigenvalue weighted by atomic mass is 35.5. The first-order valence-electron chi connectivity index (χ1n) is 9.46. The van der Waals surface area contributed by atoms with Gasteiger partial charge in [-0.05, 0) is 48.9 Å². The molecule has 3 aromatic carbocycles. The van der Waals surface area contributed by atoms with Crippen LogP contribution in [0.5, 0.6) is 5.75 Å². The van der Waals surface area contributed by atoms with Gasteiger partial charge < -0.3 is 4.74 Å². The van der Waals surface area contributed by atoms with Gasteiger partial charge in [0.05, 0.1) is 27.0 Å². The molecule has 0 atom stereocenters. The van der Waals surface area contributed by atoms with Gasteiger partial charge in [-0.15, -0.1) is 0 Å². The van der Waals surface area contributed by atoms with Crippen LogP contribution >= 0.6 is 23.2 Å². The molecule has 1 aliphatic rings. The molecule has 4 nitrogen and oxygen atoms in total. The number of ether oxygens (including phenoxy) is 1. The second-order valence-electron chi connectivity index (χ2n) is 6.89. The Kier molecular flexibility index (Phi) is 6.07. The molecule has 4 rings (SSSR count). The minimum absolute atomic E-state index is 0.0111. The third-order valence-corrected chi connectivity index (χ3v) is 5.29. The van der Waals surface area contributed by atoms with E-state index in [-0.39, 0.29) is 34.1 Å². The lowest BCUT2D eigenvalue weighted by Gasteiger charge is -2.12. The minimum atomic E-state index is -0.367. The van der Waals surface area contributed by atoms with Crippen LogP contribution in [0.1, 0.15) is 18.1 Å². The van der Waals surface area contributed by atoms with Gasteiger partial charge in [-0.2, -0.15) is 10.1 Å². The minimum Gasteiger partial charge on any atom is -0.486 e. The molecule has 1 heterocycles. The molecule has 0 spiro atoms. The zero-order chi connectivity index (χ0) is 22.0. The first-order chi connectivity index (χ1) is 14.9. The Labute approximate surface area is 189 Å². The molecule has 0 unspecified atom stereocenters. The summed E-state index contributed by atoms with van der Waals surface area (Å²) in [6.45, 7) is 1.75. The highest BCUT2D eigenvalue weighted by molar-refractivity contribution is 6.37. The molecule has 0 saturated heterocycles. The van der Waals surface area contributed by atoms with Crippen molar-refractivity contribution < 1.29 is 13.9 Å². The van der Waals surface area contributed by atoms with Crippen LogP contribution in [-0.4, -0.2) is 11.6 Å². The molecule has 0 saturated carbocycles. The molecule has 0 N–H and O–H groups in total. The summed E-state index contributed by atoms with van der Waals surface area (Å²) >= 11 is 12.7. The number of anilines is 1. The van der Waals surface area contributed by atoms with Gasteiger partial charge in [0.15, 0.2) is 5.75 Å². The van der Waals surface area contributed by atoms with Gasteiger partial charge in [-0.1, -0.05) is 59.6 Å². The number of carbonyl (C=O) groups excluding carboxylic acids is 1. The van der Waals surface area contributed by atoms with Gasteiger partial charge in [-0.3, -0.25) is 4.79 Å². The molecule has 1 aliphatic heterocycles. The van der Waals surface area contributed by atoms with E-state index in [9.17, 15) is 9.18 Å². The first-order valence-corrected chi connectivity index (χ1v) is 10.2. The predicted octanol–water partition coefficient (Wildman–Crippen LogP) is 6.52. The van der Waals surface area contributed by atoms with Gasteiger partial charge in [-0.25, -0.2) is 4.39 Å². The zero-order valence-corrected chi connectivity index (χ0v) is 18.0. The van der Waals surface area contributed by atoms with Crippen molar-refractivity contribution in [1.29, 1.82) is 0 Å². The van der Waals surface area contributed by atoms with E-state index in [1.807, 2.05) is 30.3 Å². The van der Waals surface area contributed by atoms with Crippen molar-refractivity contribution in [3.63, 3.8) is 0 Å². The molecule has 1 amide bonds. The number of hydrazone groups is 1. The fourth-order valence-electron chi connectivity index (χ4n) is 3.16. The van der Waals surface area contributed by atoms with Gasteiger partial charge >= 0.3 is 0 Å². The number of para-hydroxylation sites is 1. The average molecular weight is 455 g/mol. The van der Waals surface area contributed by atoms with E-state index in [2.05, 4.69) is 5.10 Å². The SMILES string of the molecule is CC1=NN(c2ccccc2)C(=O)/C1=C/c1cc(Cl)c(OCc2ccccc2F)c(Cl)c1. The molecule has 0 aliphatic carbocycles. The van der Waals surface area contributed by atoms with Crippen LogP contribution < -0.4 is 9.75 Å². The molecule has 31 heavy (non-hydrogen) atoms. The molecular formula is C24H17Cl2FN2O2. The second-order valence-corrected chi connectivity index (χ2v) is 7.70. The summed E-state index contributed by atoms with van der Waals surface area (Å²) in [5, 5.41) is 6.23. The normalized spacial score (nSPS) is 14.8. The molecular weight excluding hydrogens is 438 g/mol. The maximum absolute atomic E-state index is 13.8. The van der Waals surface area contributed by atoms with Gasteiger partial charge in [0.1, 0.15) is 12.4 Å². The number of nitrogens with zero attached hydrogens (tertiary/aromatic N) is 2. The zero-order valence-electron chi connectivity index (χ0n) is 16.5. The third kappa shape index (κ3) is 4.48. The average Bonchev–Trinajstić information content (AvgIpc) is 3.03. The third-order valence-electron chi connectivity index (χ3n) is 4.72. The van der Waals surface area contributed by atoms with Crippen molar-refractivity contribution in [2.75, 3.05) is 5.01 Å². The Balaban J connectivity index is 1.57. The Hall–Kier alpha value is -3.15. The number of amides is 1. The van der Waals surface area contributed by atoms with Crippen LogP contribution in [0.3, 0.4) is 0 Å². The van der Waals surface area contributed by atoms with Gasteiger partial charge in [0, 0.05) is 5.56 Å². The van der Waals surface area contributed by atoms with E-state index in [1.165, 1.54) is 11.1 Å². The highest BCUT2D eigenvalue weighted by Crippen LogP contribution is 2.36.